The van der Waals surface area contributed by atoms with Gasteiger partial charge < -0.3 is 9.97 Å². The summed E-state index contributed by atoms with van der Waals surface area (Å²) >= 11 is 0. The highest BCUT2D eigenvalue weighted by Gasteiger charge is 2.04. The molecule has 2 aromatic heterocycles. The fraction of sp³-hybridized carbons (Fsp3) is 0.182. The normalized spacial score (nSPS) is 13.0. The Bertz CT molecular complexity index is 955. The molecule has 4 rings (SSSR count). The molecular formula is C22H22N4. The van der Waals surface area contributed by atoms with Crippen molar-refractivity contribution in [2.75, 3.05) is 13.1 Å². The van der Waals surface area contributed by atoms with Crippen LogP contribution in [-0.4, -0.2) is 34.5 Å². The molecule has 4 nitrogen and oxygen atoms in total. The van der Waals surface area contributed by atoms with Gasteiger partial charge in [0.1, 0.15) is 0 Å². The van der Waals surface area contributed by atoms with Gasteiger partial charge in [-0.05, 0) is 38.1 Å². The molecule has 0 unspecified atom stereocenters. The Morgan fingerprint density at radius 3 is 1.54 bits per heavy atom. The molecule has 0 saturated heterocycles. The van der Waals surface area contributed by atoms with Crippen LogP contribution in [-0.2, 0) is 0 Å². The number of benzene rings is 2. The smallest absolute Gasteiger partial charge is 0.0602 e. The first-order valence-corrected chi connectivity index (χ1v) is 8.89. The third-order valence-electron chi connectivity index (χ3n) is 4.64. The number of aromatic amines is 2. The molecule has 130 valence electrons. The second-order valence-electron chi connectivity index (χ2n) is 6.47. The van der Waals surface area contributed by atoms with E-state index in [-0.39, 0.29) is 0 Å². The van der Waals surface area contributed by atoms with Crippen LogP contribution >= 0.6 is 0 Å². The summed E-state index contributed by atoms with van der Waals surface area (Å²) in [5.41, 5.74) is 6.46. The summed E-state index contributed by atoms with van der Waals surface area (Å²) in [4.78, 5) is 16.2. The van der Waals surface area contributed by atoms with Gasteiger partial charge in [-0.25, -0.2) is 0 Å². The van der Waals surface area contributed by atoms with E-state index in [0.29, 0.717) is 13.1 Å². The van der Waals surface area contributed by atoms with Crippen molar-refractivity contribution in [1.82, 2.24) is 9.97 Å². The number of hydrogen-bond donors (Lipinski definition) is 2. The number of nitrogens with zero attached hydrogens (tertiary/aromatic N) is 2. The van der Waals surface area contributed by atoms with Crippen LogP contribution in [0.4, 0.5) is 0 Å². The Kier molecular flexibility index (Phi) is 4.40. The molecule has 0 aliphatic rings. The van der Waals surface area contributed by atoms with Gasteiger partial charge >= 0.3 is 0 Å². The zero-order chi connectivity index (χ0) is 17.9. The van der Waals surface area contributed by atoms with Crippen LogP contribution in [0.25, 0.3) is 21.8 Å². The van der Waals surface area contributed by atoms with Gasteiger partial charge in [0.05, 0.1) is 35.9 Å². The second kappa shape index (κ2) is 7.00. The average Bonchev–Trinajstić information content (AvgIpc) is 3.28. The predicted molar refractivity (Wildman–Crippen MR) is 111 cm³/mol. The van der Waals surface area contributed by atoms with Crippen molar-refractivity contribution in [3.8, 4) is 0 Å². The lowest BCUT2D eigenvalue weighted by Crippen LogP contribution is -2.01. The van der Waals surface area contributed by atoms with Gasteiger partial charge in [-0.1, -0.05) is 36.4 Å². The summed E-state index contributed by atoms with van der Waals surface area (Å²) in [6.45, 7) is 5.44. The fourth-order valence-corrected chi connectivity index (χ4v) is 3.14. The first-order valence-electron chi connectivity index (χ1n) is 8.89. The minimum atomic E-state index is 0.679. The molecule has 0 aliphatic heterocycles. The average molecular weight is 342 g/mol. The summed E-state index contributed by atoms with van der Waals surface area (Å²) in [7, 11) is 0. The molecule has 4 heteroatoms. The zero-order valence-corrected chi connectivity index (χ0v) is 15.1. The minimum absolute atomic E-state index is 0.679. The van der Waals surface area contributed by atoms with E-state index in [1.165, 1.54) is 10.8 Å². The fourth-order valence-electron chi connectivity index (χ4n) is 3.14. The number of aromatic nitrogens is 2. The molecule has 0 fully saturated rings. The lowest BCUT2D eigenvalue weighted by Gasteiger charge is -1.99. The van der Waals surface area contributed by atoms with Gasteiger partial charge in [-0.3, -0.25) is 9.98 Å². The van der Waals surface area contributed by atoms with Crippen LogP contribution in [0.5, 0.6) is 0 Å². The van der Waals surface area contributed by atoms with E-state index in [0.717, 1.165) is 33.8 Å². The van der Waals surface area contributed by atoms with Crippen molar-refractivity contribution in [3.05, 3.63) is 72.1 Å². The van der Waals surface area contributed by atoms with E-state index in [4.69, 9.17) is 0 Å². The molecule has 0 amide bonds. The second-order valence-corrected chi connectivity index (χ2v) is 6.47. The van der Waals surface area contributed by atoms with Gasteiger partial charge in [0.15, 0.2) is 0 Å². The van der Waals surface area contributed by atoms with Crippen LogP contribution < -0.4 is 0 Å². The Balaban J connectivity index is 1.42. The third kappa shape index (κ3) is 3.31. The number of aliphatic imine (C=N–C) groups is 2. The Labute approximate surface area is 152 Å². The van der Waals surface area contributed by atoms with Crippen molar-refractivity contribution in [2.24, 2.45) is 9.98 Å². The Morgan fingerprint density at radius 1 is 0.692 bits per heavy atom. The van der Waals surface area contributed by atoms with Crippen LogP contribution in [0.2, 0.25) is 0 Å². The van der Waals surface area contributed by atoms with Crippen LogP contribution in [0.15, 0.2) is 70.6 Å². The van der Waals surface area contributed by atoms with E-state index in [1.807, 2.05) is 38.1 Å². The quantitative estimate of drug-likeness (QED) is 0.380. The summed E-state index contributed by atoms with van der Waals surface area (Å²) < 4.78 is 0. The van der Waals surface area contributed by atoms with Crippen molar-refractivity contribution in [2.45, 2.75) is 13.8 Å². The standard InChI is InChI=1S/C22H22N4/c1-15(21-13-17-7-3-5-9-19(17)25-21)23-11-12-24-16(2)22-14-18-8-4-6-10-20(18)26-22/h3-10,13-14,25-26H,11-12H2,1-2H3. The number of fused-ring (bicyclic) bond motifs is 2. The first-order chi connectivity index (χ1) is 12.7. The number of hydrogen-bond acceptors (Lipinski definition) is 2. The van der Waals surface area contributed by atoms with Gasteiger partial charge in [0.25, 0.3) is 0 Å². The van der Waals surface area contributed by atoms with Crippen molar-refractivity contribution < 1.29 is 0 Å². The maximum atomic E-state index is 4.67. The molecule has 2 aromatic carbocycles. The van der Waals surface area contributed by atoms with E-state index in [1.54, 1.807) is 0 Å². The number of rotatable bonds is 5. The maximum Gasteiger partial charge on any atom is 0.0602 e. The van der Waals surface area contributed by atoms with Crippen LogP contribution in [0.1, 0.15) is 25.2 Å². The highest BCUT2D eigenvalue weighted by molar-refractivity contribution is 6.02. The van der Waals surface area contributed by atoms with Gasteiger partial charge in [-0.2, -0.15) is 0 Å². The summed E-state index contributed by atoms with van der Waals surface area (Å²) in [6.07, 6.45) is 0. The van der Waals surface area contributed by atoms with Crippen molar-refractivity contribution in [1.29, 1.82) is 0 Å². The highest BCUT2D eigenvalue weighted by atomic mass is 14.9. The molecule has 0 saturated carbocycles. The van der Waals surface area contributed by atoms with Crippen molar-refractivity contribution >= 4 is 33.2 Å². The number of H-pyrrole nitrogens is 2. The Hall–Kier alpha value is -3.14. The van der Waals surface area contributed by atoms with Gasteiger partial charge in [-0.15, -0.1) is 0 Å². The molecule has 0 atom stereocenters. The SMILES string of the molecule is CC(=NCCN=C(C)c1cc2ccccc2[nH]1)c1cc2ccccc2[nH]1. The minimum Gasteiger partial charge on any atom is -0.354 e. The summed E-state index contributed by atoms with van der Waals surface area (Å²) in [5, 5.41) is 2.43. The number of nitrogens with one attached hydrogen (secondary N) is 2. The lowest BCUT2D eigenvalue weighted by atomic mass is 10.2. The molecule has 0 bridgehead atoms. The predicted octanol–water partition coefficient (Wildman–Crippen LogP) is 4.97. The molecule has 0 aliphatic carbocycles. The lowest BCUT2D eigenvalue weighted by molar-refractivity contribution is 0.971. The van der Waals surface area contributed by atoms with Crippen LogP contribution in [0.3, 0.4) is 0 Å². The van der Waals surface area contributed by atoms with Crippen LogP contribution in [0, 0.1) is 0 Å². The van der Waals surface area contributed by atoms with Gasteiger partial charge in [0, 0.05) is 21.8 Å². The monoisotopic (exact) mass is 342 g/mol. The molecule has 0 spiro atoms. The molecule has 26 heavy (non-hydrogen) atoms. The summed E-state index contributed by atoms with van der Waals surface area (Å²) in [5.74, 6) is 0. The van der Waals surface area contributed by atoms with E-state index in [9.17, 15) is 0 Å². The molecule has 2 heterocycles. The third-order valence-corrected chi connectivity index (χ3v) is 4.64. The first kappa shape index (κ1) is 16.3. The highest BCUT2D eigenvalue weighted by Crippen LogP contribution is 2.16. The molecular weight excluding hydrogens is 320 g/mol. The van der Waals surface area contributed by atoms with E-state index in [2.05, 4.69) is 56.4 Å². The molecule has 0 radical (unpaired) electrons. The van der Waals surface area contributed by atoms with Gasteiger partial charge in [0.2, 0.25) is 0 Å². The Morgan fingerprint density at radius 2 is 1.12 bits per heavy atom. The zero-order valence-electron chi connectivity index (χ0n) is 15.1. The van der Waals surface area contributed by atoms with Crippen molar-refractivity contribution in [3.63, 3.8) is 0 Å². The number of para-hydroxylation sites is 2. The maximum absolute atomic E-state index is 4.67. The summed E-state index contributed by atoms with van der Waals surface area (Å²) in [6, 6.07) is 20.9. The molecule has 4 aromatic rings. The largest absolute Gasteiger partial charge is 0.354 e. The van der Waals surface area contributed by atoms with E-state index < -0.39 is 0 Å². The van der Waals surface area contributed by atoms with E-state index >= 15 is 0 Å². The topological polar surface area (TPSA) is 56.3 Å². The molecule has 2 N–H and O–H groups in total.